The van der Waals surface area contributed by atoms with Crippen LogP contribution in [-0.2, 0) is 0 Å². The lowest BCUT2D eigenvalue weighted by Gasteiger charge is -2.14. The van der Waals surface area contributed by atoms with Crippen LogP contribution in [0.1, 0.15) is 22.9 Å². The van der Waals surface area contributed by atoms with Crippen LogP contribution in [-0.4, -0.2) is 45.2 Å². The SMILES string of the molecule is Cc1ccc2c(c1)c1c(n2-c2nc(-n3ccnc3C)nc(-n3ccnc3C)n2)C=CCN1. The molecule has 4 aromatic heterocycles. The van der Waals surface area contributed by atoms with E-state index < -0.39 is 0 Å². The first-order chi connectivity index (χ1) is 15.6. The lowest BCUT2D eigenvalue weighted by molar-refractivity contribution is 0.782. The van der Waals surface area contributed by atoms with E-state index in [4.69, 9.17) is 15.0 Å². The van der Waals surface area contributed by atoms with Crippen LogP contribution in [0.4, 0.5) is 5.69 Å². The topological polar surface area (TPSA) is 91.3 Å². The molecule has 1 aliphatic heterocycles. The van der Waals surface area contributed by atoms with Crippen molar-refractivity contribution >= 4 is 22.7 Å². The molecule has 0 aliphatic carbocycles. The fourth-order valence-corrected chi connectivity index (χ4v) is 4.15. The van der Waals surface area contributed by atoms with Gasteiger partial charge in [0.15, 0.2) is 0 Å². The lowest BCUT2D eigenvalue weighted by atomic mass is 10.1. The Kier molecular flexibility index (Phi) is 3.97. The van der Waals surface area contributed by atoms with Gasteiger partial charge in [0.1, 0.15) is 11.6 Å². The largest absolute Gasteiger partial charge is 0.379 e. The molecule has 0 unspecified atom stereocenters. The fraction of sp³-hybridized carbons (Fsp3) is 0.174. The first-order valence-electron chi connectivity index (χ1n) is 10.4. The zero-order valence-corrected chi connectivity index (χ0v) is 18.0. The molecule has 0 saturated carbocycles. The third kappa shape index (κ3) is 2.74. The summed E-state index contributed by atoms with van der Waals surface area (Å²) in [7, 11) is 0. The third-order valence-electron chi connectivity index (χ3n) is 5.71. The molecule has 0 radical (unpaired) electrons. The van der Waals surface area contributed by atoms with Crippen molar-refractivity contribution in [3.8, 4) is 17.8 Å². The Morgan fingerprint density at radius 1 is 0.844 bits per heavy atom. The van der Waals surface area contributed by atoms with Crippen molar-refractivity contribution in [2.24, 2.45) is 0 Å². The standard InChI is InChI=1S/C23H21N9/c1-14-6-7-18-17(13-14)20-19(5-4-8-26-20)32(18)23-28-21(30-11-9-24-15(30)2)27-22(29-23)31-12-10-25-16(31)3/h4-7,9-13,26H,8H2,1-3H3. The summed E-state index contributed by atoms with van der Waals surface area (Å²) < 4.78 is 5.80. The van der Waals surface area contributed by atoms with Crippen molar-refractivity contribution in [3.05, 3.63) is 72.0 Å². The van der Waals surface area contributed by atoms with Crippen LogP contribution in [0.15, 0.2) is 49.1 Å². The molecule has 0 amide bonds. The quantitative estimate of drug-likeness (QED) is 0.477. The normalized spacial score (nSPS) is 12.8. The molecule has 0 fully saturated rings. The van der Waals surface area contributed by atoms with Gasteiger partial charge in [-0.05, 0) is 39.0 Å². The van der Waals surface area contributed by atoms with E-state index in [1.54, 1.807) is 12.4 Å². The maximum absolute atomic E-state index is 4.87. The predicted octanol–water partition coefficient (Wildman–Crippen LogP) is 3.55. The Morgan fingerprint density at radius 3 is 2.12 bits per heavy atom. The summed E-state index contributed by atoms with van der Waals surface area (Å²) >= 11 is 0. The number of hydrogen-bond donors (Lipinski definition) is 1. The van der Waals surface area contributed by atoms with E-state index in [0.717, 1.165) is 40.5 Å². The lowest BCUT2D eigenvalue weighted by Crippen LogP contribution is -2.15. The second-order valence-electron chi connectivity index (χ2n) is 7.82. The molecular weight excluding hydrogens is 402 g/mol. The van der Waals surface area contributed by atoms with E-state index >= 15 is 0 Å². The third-order valence-corrected chi connectivity index (χ3v) is 5.71. The van der Waals surface area contributed by atoms with Gasteiger partial charge in [-0.1, -0.05) is 17.7 Å². The van der Waals surface area contributed by atoms with Crippen molar-refractivity contribution in [1.82, 2.24) is 38.6 Å². The first kappa shape index (κ1) is 18.5. The average Bonchev–Trinajstić information content (AvgIpc) is 3.50. The number of nitrogens with zero attached hydrogens (tertiary/aromatic N) is 8. The first-order valence-corrected chi connectivity index (χ1v) is 10.4. The highest BCUT2D eigenvalue weighted by Crippen LogP contribution is 2.36. The van der Waals surface area contributed by atoms with E-state index in [2.05, 4.69) is 57.1 Å². The molecule has 0 atom stereocenters. The highest BCUT2D eigenvalue weighted by atomic mass is 15.3. The number of aryl methyl sites for hydroxylation is 3. The zero-order valence-electron chi connectivity index (χ0n) is 18.0. The summed E-state index contributed by atoms with van der Waals surface area (Å²) in [6, 6.07) is 6.42. The Bertz CT molecular complexity index is 1460. The van der Waals surface area contributed by atoms with Gasteiger partial charge in [-0.2, -0.15) is 15.0 Å². The molecule has 9 nitrogen and oxygen atoms in total. The minimum atomic E-state index is 0.503. The molecule has 0 saturated heterocycles. The zero-order chi connectivity index (χ0) is 21.8. The maximum atomic E-state index is 4.87. The molecule has 5 heterocycles. The Balaban J connectivity index is 1.68. The molecule has 0 spiro atoms. The molecule has 9 heteroatoms. The van der Waals surface area contributed by atoms with Crippen LogP contribution < -0.4 is 5.32 Å². The van der Waals surface area contributed by atoms with Gasteiger partial charge in [-0.25, -0.2) is 9.97 Å². The molecule has 1 aromatic carbocycles. The summed E-state index contributed by atoms with van der Waals surface area (Å²) in [6.45, 7) is 6.74. The summed E-state index contributed by atoms with van der Waals surface area (Å²) in [4.78, 5) is 23.1. The second-order valence-corrected chi connectivity index (χ2v) is 7.82. The number of nitrogens with one attached hydrogen (secondary N) is 1. The summed E-state index contributed by atoms with van der Waals surface area (Å²) in [5.74, 6) is 3.14. The predicted molar refractivity (Wildman–Crippen MR) is 123 cm³/mol. The van der Waals surface area contributed by atoms with Crippen LogP contribution in [0.2, 0.25) is 0 Å². The van der Waals surface area contributed by atoms with Crippen LogP contribution in [0.3, 0.4) is 0 Å². The molecule has 0 bridgehead atoms. The molecule has 5 aromatic rings. The number of benzene rings is 1. The van der Waals surface area contributed by atoms with Crippen molar-refractivity contribution < 1.29 is 0 Å². The second kappa shape index (κ2) is 6.88. The molecule has 6 rings (SSSR count). The Labute approximate surface area is 184 Å². The smallest absolute Gasteiger partial charge is 0.241 e. The average molecular weight is 423 g/mol. The van der Waals surface area contributed by atoms with E-state index in [1.165, 1.54) is 5.56 Å². The van der Waals surface area contributed by atoms with Gasteiger partial charge >= 0.3 is 0 Å². The molecule has 1 N–H and O–H groups in total. The van der Waals surface area contributed by atoms with E-state index in [0.29, 0.717) is 17.8 Å². The van der Waals surface area contributed by atoms with Gasteiger partial charge in [-0.3, -0.25) is 13.7 Å². The van der Waals surface area contributed by atoms with E-state index in [9.17, 15) is 0 Å². The van der Waals surface area contributed by atoms with Gasteiger partial charge < -0.3 is 5.32 Å². The number of fused-ring (bicyclic) bond motifs is 3. The van der Waals surface area contributed by atoms with Gasteiger partial charge in [0.25, 0.3) is 0 Å². The van der Waals surface area contributed by atoms with Crippen LogP contribution in [0, 0.1) is 20.8 Å². The fourth-order valence-electron chi connectivity index (χ4n) is 4.15. The number of anilines is 1. The van der Waals surface area contributed by atoms with Gasteiger partial charge in [-0.15, -0.1) is 0 Å². The monoisotopic (exact) mass is 423 g/mol. The summed E-state index contributed by atoms with van der Waals surface area (Å²) in [5.41, 5.74) is 4.35. The number of aromatic nitrogens is 8. The summed E-state index contributed by atoms with van der Waals surface area (Å²) in [6.07, 6.45) is 11.4. The Morgan fingerprint density at radius 2 is 1.50 bits per heavy atom. The molecule has 32 heavy (non-hydrogen) atoms. The van der Waals surface area contributed by atoms with Crippen molar-refractivity contribution in [2.45, 2.75) is 20.8 Å². The van der Waals surface area contributed by atoms with Crippen molar-refractivity contribution in [2.75, 3.05) is 11.9 Å². The van der Waals surface area contributed by atoms with Crippen molar-refractivity contribution in [1.29, 1.82) is 0 Å². The number of imidazole rings is 2. The Hall–Kier alpha value is -4.27. The highest BCUT2D eigenvalue weighted by molar-refractivity contribution is 6.00. The van der Waals surface area contributed by atoms with Crippen LogP contribution in [0.5, 0.6) is 0 Å². The number of rotatable bonds is 3. The molecular formula is C23H21N9. The summed E-state index contributed by atoms with van der Waals surface area (Å²) in [5, 5.41) is 4.66. The minimum Gasteiger partial charge on any atom is -0.379 e. The molecule has 158 valence electrons. The highest BCUT2D eigenvalue weighted by Gasteiger charge is 2.22. The minimum absolute atomic E-state index is 0.503. The van der Waals surface area contributed by atoms with Crippen LogP contribution in [0.25, 0.3) is 34.8 Å². The van der Waals surface area contributed by atoms with Gasteiger partial charge in [0.2, 0.25) is 17.8 Å². The molecule has 1 aliphatic rings. The maximum Gasteiger partial charge on any atom is 0.241 e. The van der Waals surface area contributed by atoms with Gasteiger partial charge in [0.05, 0.1) is 16.9 Å². The van der Waals surface area contributed by atoms with E-state index in [1.807, 2.05) is 35.4 Å². The van der Waals surface area contributed by atoms with E-state index in [-0.39, 0.29) is 0 Å². The van der Waals surface area contributed by atoms with Crippen LogP contribution >= 0.6 is 0 Å². The van der Waals surface area contributed by atoms with Crippen molar-refractivity contribution in [3.63, 3.8) is 0 Å². The number of hydrogen-bond acceptors (Lipinski definition) is 6. The van der Waals surface area contributed by atoms with Gasteiger partial charge in [0, 0.05) is 36.7 Å².